The molecule has 5 N–H and O–H groups in total. The third kappa shape index (κ3) is 2.35. The molecule has 0 aromatic carbocycles. The number of nitrogens with two attached hydrogens (primary N) is 1. The van der Waals surface area contributed by atoms with Gasteiger partial charge in [-0.25, -0.2) is 4.79 Å². The number of hydrogen-bond donors (Lipinski definition) is 4. The Labute approximate surface area is 103 Å². The molecule has 0 atom stereocenters. The monoisotopic (exact) mass is 252 g/mol. The first-order valence-electron chi connectivity index (χ1n) is 5.91. The van der Waals surface area contributed by atoms with Gasteiger partial charge >= 0.3 is 5.69 Å². The van der Waals surface area contributed by atoms with Gasteiger partial charge in [0, 0.05) is 12.7 Å². The van der Waals surface area contributed by atoms with Crippen LogP contribution in [0.4, 0.5) is 0 Å². The molecule has 1 saturated carbocycles. The van der Waals surface area contributed by atoms with E-state index in [1.54, 1.807) is 0 Å². The van der Waals surface area contributed by atoms with Crippen molar-refractivity contribution in [3.05, 3.63) is 32.6 Å². The largest absolute Gasteiger partial charge is 0.345 e. The molecule has 18 heavy (non-hydrogen) atoms. The van der Waals surface area contributed by atoms with Crippen LogP contribution < -0.4 is 22.3 Å². The predicted molar refractivity (Wildman–Crippen MR) is 65.4 cm³/mol. The average molecular weight is 252 g/mol. The minimum absolute atomic E-state index is 0.102. The van der Waals surface area contributed by atoms with E-state index in [1.807, 2.05) is 4.98 Å². The molecule has 1 aromatic rings. The summed E-state index contributed by atoms with van der Waals surface area (Å²) in [5.41, 5.74) is 3.85. The lowest BCUT2D eigenvalue weighted by Gasteiger charge is -2.28. The smallest absolute Gasteiger partial charge is 0.325 e. The minimum Gasteiger partial charge on any atom is -0.345 e. The summed E-state index contributed by atoms with van der Waals surface area (Å²) in [6, 6.07) is 0. The summed E-state index contributed by atoms with van der Waals surface area (Å²) in [7, 11) is 0. The van der Waals surface area contributed by atoms with Crippen LogP contribution in [-0.4, -0.2) is 28.0 Å². The zero-order chi connectivity index (χ0) is 13.2. The molecule has 2 rings (SSSR count). The Morgan fingerprint density at radius 2 is 2.06 bits per heavy atom. The van der Waals surface area contributed by atoms with E-state index < -0.39 is 22.7 Å². The van der Waals surface area contributed by atoms with Crippen molar-refractivity contribution in [2.75, 3.05) is 6.54 Å². The van der Waals surface area contributed by atoms with Gasteiger partial charge in [-0.3, -0.25) is 14.6 Å². The lowest BCUT2D eigenvalue weighted by atomic mass is 9.97. The molecule has 0 aliphatic heterocycles. The van der Waals surface area contributed by atoms with Crippen LogP contribution in [0.15, 0.2) is 15.8 Å². The first-order chi connectivity index (χ1) is 8.56. The van der Waals surface area contributed by atoms with Crippen molar-refractivity contribution >= 4 is 5.91 Å². The van der Waals surface area contributed by atoms with Crippen molar-refractivity contribution in [1.29, 1.82) is 0 Å². The van der Waals surface area contributed by atoms with E-state index in [-0.39, 0.29) is 5.56 Å². The van der Waals surface area contributed by atoms with Crippen molar-refractivity contribution in [3.63, 3.8) is 0 Å². The number of hydrogen-bond acceptors (Lipinski definition) is 4. The Kier molecular flexibility index (Phi) is 3.33. The molecule has 1 heterocycles. The maximum absolute atomic E-state index is 12.0. The van der Waals surface area contributed by atoms with Gasteiger partial charge in [-0.15, -0.1) is 0 Å². The summed E-state index contributed by atoms with van der Waals surface area (Å²) in [6.45, 7) is 0.347. The van der Waals surface area contributed by atoms with E-state index in [0.717, 1.165) is 31.9 Å². The highest BCUT2D eigenvalue weighted by molar-refractivity contribution is 5.94. The second-order valence-corrected chi connectivity index (χ2v) is 4.63. The number of aromatic amines is 2. The van der Waals surface area contributed by atoms with E-state index in [0.29, 0.717) is 6.54 Å². The molecule has 0 radical (unpaired) electrons. The summed E-state index contributed by atoms with van der Waals surface area (Å²) >= 11 is 0. The van der Waals surface area contributed by atoms with Crippen LogP contribution in [0.1, 0.15) is 36.0 Å². The van der Waals surface area contributed by atoms with Gasteiger partial charge in [-0.05, 0) is 12.8 Å². The van der Waals surface area contributed by atoms with E-state index in [9.17, 15) is 14.4 Å². The van der Waals surface area contributed by atoms with Crippen LogP contribution in [0, 0.1) is 0 Å². The molecule has 0 bridgehead atoms. The fraction of sp³-hybridized carbons (Fsp3) is 0.545. The summed E-state index contributed by atoms with van der Waals surface area (Å²) in [6.07, 6.45) is 4.78. The van der Waals surface area contributed by atoms with Crippen LogP contribution >= 0.6 is 0 Å². The Hall–Kier alpha value is -1.89. The summed E-state index contributed by atoms with van der Waals surface area (Å²) in [5.74, 6) is -0.500. The number of rotatable bonds is 3. The zero-order valence-corrected chi connectivity index (χ0v) is 9.91. The Bertz CT molecular complexity index is 554. The SMILES string of the molecule is NCC1(NC(=O)c2c[nH]c(=O)[nH]c2=O)CCCC1. The summed E-state index contributed by atoms with van der Waals surface area (Å²) in [4.78, 5) is 38.6. The fourth-order valence-electron chi connectivity index (χ4n) is 2.32. The third-order valence-electron chi connectivity index (χ3n) is 3.39. The van der Waals surface area contributed by atoms with Crippen LogP contribution in [-0.2, 0) is 0 Å². The topological polar surface area (TPSA) is 121 Å². The summed E-state index contributed by atoms with van der Waals surface area (Å²) < 4.78 is 0. The Balaban J connectivity index is 2.21. The van der Waals surface area contributed by atoms with Crippen LogP contribution in [0.25, 0.3) is 0 Å². The minimum atomic E-state index is -0.693. The zero-order valence-electron chi connectivity index (χ0n) is 9.91. The fourth-order valence-corrected chi connectivity index (χ4v) is 2.32. The van der Waals surface area contributed by atoms with Gasteiger partial charge < -0.3 is 16.0 Å². The predicted octanol–water partition coefficient (Wildman–Crippen LogP) is -0.936. The molecule has 0 spiro atoms. The maximum atomic E-state index is 12.0. The van der Waals surface area contributed by atoms with Crippen molar-refractivity contribution in [2.24, 2.45) is 5.73 Å². The van der Waals surface area contributed by atoms with Crippen LogP contribution in [0.5, 0.6) is 0 Å². The standard InChI is InChI=1S/C11H16N4O3/c12-6-11(3-1-2-4-11)15-9(17)7-5-13-10(18)14-8(7)16/h5H,1-4,6,12H2,(H,15,17)(H2,13,14,16,18). The second kappa shape index (κ2) is 4.77. The molecule has 0 unspecified atom stereocenters. The molecular formula is C11H16N4O3. The van der Waals surface area contributed by atoms with Crippen molar-refractivity contribution in [3.8, 4) is 0 Å². The number of nitrogens with one attached hydrogen (secondary N) is 3. The van der Waals surface area contributed by atoms with E-state index in [2.05, 4.69) is 10.3 Å². The normalized spacial score (nSPS) is 17.6. The molecule has 7 nitrogen and oxygen atoms in total. The Morgan fingerprint density at radius 1 is 1.39 bits per heavy atom. The third-order valence-corrected chi connectivity index (χ3v) is 3.39. The van der Waals surface area contributed by atoms with Crippen molar-refractivity contribution in [2.45, 2.75) is 31.2 Å². The van der Waals surface area contributed by atoms with Gasteiger partial charge in [-0.2, -0.15) is 0 Å². The lowest BCUT2D eigenvalue weighted by Crippen LogP contribution is -2.52. The van der Waals surface area contributed by atoms with Gasteiger partial charge in [-0.1, -0.05) is 12.8 Å². The van der Waals surface area contributed by atoms with E-state index in [1.165, 1.54) is 0 Å². The highest BCUT2D eigenvalue weighted by Gasteiger charge is 2.34. The number of carbonyl (C=O) groups is 1. The first kappa shape index (κ1) is 12.6. The molecule has 98 valence electrons. The van der Waals surface area contributed by atoms with Gasteiger partial charge in [0.1, 0.15) is 5.56 Å². The highest BCUT2D eigenvalue weighted by atomic mass is 16.2. The molecule has 1 aliphatic rings. The van der Waals surface area contributed by atoms with Gasteiger partial charge in [0.2, 0.25) is 0 Å². The van der Waals surface area contributed by atoms with Crippen LogP contribution in [0.2, 0.25) is 0 Å². The van der Waals surface area contributed by atoms with Crippen LogP contribution in [0.3, 0.4) is 0 Å². The molecule has 1 amide bonds. The van der Waals surface area contributed by atoms with Gasteiger partial charge in [0.25, 0.3) is 11.5 Å². The van der Waals surface area contributed by atoms with E-state index in [4.69, 9.17) is 5.73 Å². The Morgan fingerprint density at radius 3 is 2.61 bits per heavy atom. The summed E-state index contributed by atoms with van der Waals surface area (Å²) in [5, 5.41) is 2.81. The van der Waals surface area contributed by atoms with Gasteiger partial charge in [0.15, 0.2) is 0 Å². The van der Waals surface area contributed by atoms with E-state index >= 15 is 0 Å². The van der Waals surface area contributed by atoms with Crippen molar-refractivity contribution < 1.29 is 4.79 Å². The first-order valence-corrected chi connectivity index (χ1v) is 5.91. The molecule has 7 heteroatoms. The quantitative estimate of drug-likeness (QED) is 0.555. The number of aromatic nitrogens is 2. The highest BCUT2D eigenvalue weighted by Crippen LogP contribution is 2.28. The molecular weight excluding hydrogens is 236 g/mol. The molecule has 0 saturated heterocycles. The van der Waals surface area contributed by atoms with Gasteiger partial charge in [0.05, 0.1) is 5.54 Å². The molecule has 1 fully saturated rings. The molecule has 1 aliphatic carbocycles. The molecule has 1 aromatic heterocycles. The average Bonchev–Trinajstić information content (AvgIpc) is 2.78. The number of amides is 1. The van der Waals surface area contributed by atoms with Crippen molar-refractivity contribution in [1.82, 2.24) is 15.3 Å². The second-order valence-electron chi connectivity index (χ2n) is 4.63. The lowest BCUT2D eigenvalue weighted by molar-refractivity contribution is 0.0901. The number of H-pyrrole nitrogens is 2. The maximum Gasteiger partial charge on any atom is 0.325 e. The number of carbonyl (C=O) groups excluding carboxylic acids is 1.